The minimum atomic E-state index is 0.255. The van der Waals surface area contributed by atoms with Crippen molar-refractivity contribution in [3.63, 3.8) is 0 Å². The molecule has 2 nitrogen and oxygen atoms in total. The summed E-state index contributed by atoms with van der Waals surface area (Å²) in [6.45, 7) is 4.10. The van der Waals surface area contributed by atoms with E-state index in [9.17, 15) is 9.59 Å². The van der Waals surface area contributed by atoms with Crippen LogP contribution in [0.3, 0.4) is 0 Å². The van der Waals surface area contributed by atoms with E-state index in [-0.39, 0.29) is 11.8 Å². The molecule has 0 aromatic carbocycles. The number of rotatable bonds is 6. The van der Waals surface area contributed by atoms with Gasteiger partial charge in [-0.1, -0.05) is 13.8 Å². The first kappa shape index (κ1) is 13.4. The molecule has 1 saturated carbocycles. The van der Waals surface area contributed by atoms with Gasteiger partial charge in [0.15, 0.2) is 0 Å². The second-order valence-corrected chi connectivity index (χ2v) is 4.98. The highest BCUT2D eigenvalue weighted by Crippen LogP contribution is 2.31. The third-order valence-corrected chi connectivity index (χ3v) is 3.63. The van der Waals surface area contributed by atoms with Gasteiger partial charge in [0, 0.05) is 24.7 Å². The number of ketones is 2. The average Bonchev–Trinajstić information content (AvgIpc) is 2.30. The maximum Gasteiger partial charge on any atom is 0.135 e. The first-order valence-electron chi connectivity index (χ1n) is 6.74. The number of Topliss-reactive ketones (excluding diaryl/α,β-unsaturated/α-hetero) is 2. The predicted octanol–water partition coefficient (Wildman–Crippen LogP) is 3.53. The lowest BCUT2D eigenvalue weighted by molar-refractivity contribution is -0.128. The Kier molecular flexibility index (Phi) is 5.72. The average molecular weight is 224 g/mol. The van der Waals surface area contributed by atoms with Crippen LogP contribution in [-0.2, 0) is 9.59 Å². The zero-order chi connectivity index (χ0) is 12.0. The standard InChI is InChI=1S/C14H24O2/c1-3-5-13(15)11-7-9-12(10-8-11)14(16)6-4-2/h11-12H,3-10H2,1-2H3. The van der Waals surface area contributed by atoms with Crippen LogP contribution in [0.1, 0.15) is 65.2 Å². The monoisotopic (exact) mass is 224 g/mol. The van der Waals surface area contributed by atoms with Crippen LogP contribution >= 0.6 is 0 Å². The fourth-order valence-corrected chi connectivity index (χ4v) is 2.64. The van der Waals surface area contributed by atoms with E-state index in [1.807, 2.05) is 13.8 Å². The van der Waals surface area contributed by atoms with Gasteiger partial charge in [-0.15, -0.1) is 0 Å². The van der Waals surface area contributed by atoms with Gasteiger partial charge >= 0.3 is 0 Å². The number of hydrogen-bond acceptors (Lipinski definition) is 2. The van der Waals surface area contributed by atoms with Crippen LogP contribution in [0.5, 0.6) is 0 Å². The molecule has 2 heteroatoms. The highest BCUT2D eigenvalue weighted by molar-refractivity contribution is 5.83. The molecule has 0 radical (unpaired) electrons. The molecule has 0 N–H and O–H groups in total. The van der Waals surface area contributed by atoms with Gasteiger partial charge in [-0.3, -0.25) is 9.59 Å². The highest BCUT2D eigenvalue weighted by atomic mass is 16.1. The van der Waals surface area contributed by atoms with Crippen molar-refractivity contribution in [1.29, 1.82) is 0 Å². The molecule has 0 aromatic heterocycles. The van der Waals surface area contributed by atoms with Crippen molar-refractivity contribution < 1.29 is 9.59 Å². The zero-order valence-electron chi connectivity index (χ0n) is 10.6. The van der Waals surface area contributed by atoms with Crippen LogP contribution < -0.4 is 0 Å². The van der Waals surface area contributed by atoms with Crippen LogP contribution in [0.15, 0.2) is 0 Å². The van der Waals surface area contributed by atoms with Crippen LogP contribution in [0, 0.1) is 11.8 Å². The first-order chi connectivity index (χ1) is 7.69. The molecule has 0 atom stereocenters. The van der Waals surface area contributed by atoms with Gasteiger partial charge in [0.25, 0.3) is 0 Å². The van der Waals surface area contributed by atoms with Gasteiger partial charge in [0.2, 0.25) is 0 Å². The molecule has 0 bridgehead atoms. The predicted molar refractivity (Wildman–Crippen MR) is 65.3 cm³/mol. The van der Waals surface area contributed by atoms with Crippen molar-refractivity contribution in [2.24, 2.45) is 11.8 Å². The second kappa shape index (κ2) is 6.82. The topological polar surface area (TPSA) is 34.1 Å². The molecule has 1 aliphatic carbocycles. The van der Waals surface area contributed by atoms with Gasteiger partial charge < -0.3 is 0 Å². The lowest BCUT2D eigenvalue weighted by Crippen LogP contribution is -2.25. The van der Waals surface area contributed by atoms with Gasteiger partial charge in [0.1, 0.15) is 11.6 Å². The molecule has 1 aliphatic rings. The fraction of sp³-hybridized carbons (Fsp3) is 0.857. The molecule has 1 rings (SSSR count). The minimum absolute atomic E-state index is 0.255. The van der Waals surface area contributed by atoms with Gasteiger partial charge in [0.05, 0.1) is 0 Å². The van der Waals surface area contributed by atoms with Crippen molar-refractivity contribution in [3.8, 4) is 0 Å². The minimum Gasteiger partial charge on any atom is -0.299 e. The van der Waals surface area contributed by atoms with Crippen molar-refractivity contribution in [1.82, 2.24) is 0 Å². The van der Waals surface area contributed by atoms with E-state index in [0.717, 1.165) is 51.4 Å². The summed E-state index contributed by atoms with van der Waals surface area (Å²) in [7, 11) is 0. The molecule has 0 heterocycles. The van der Waals surface area contributed by atoms with Crippen molar-refractivity contribution in [2.45, 2.75) is 65.2 Å². The van der Waals surface area contributed by atoms with E-state index in [0.29, 0.717) is 11.6 Å². The van der Waals surface area contributed by atoms with Gasteiger partial charge in [-0.05, 0) is 38.5 Å². The Balaban J connectivity index is 2.33. The van der Waals surface area contributed by atoms with Crippen molar-refractivity contribution >= 4 is 11.6 Å². The molecular weight excluding hydrogens is 200 g/mol. The number of carbonyl (C=O) groups is 2. The Bertz CT molecular complexity index is 211. The van der Waals surface area contributed by atoms with E-state index in [4.69, 9.17) is 0 Å². The smallest absolute Gasteiger partial charge is 0.135 e. The lowest BCUT2D eigenvalue weighted by Gasteiger charge is -2.26. The van der Waals surface area contributed by atoms with Crippen molar-refractivity contribution in [2.75, 3.05) is 0 Å². The number of hydrogen-bond donors (Lipinski definition) is 0. The Hall–Kier alpha value is -0.660. The molecule has 16 heavy (non-hydrogen) atoms. The van der Waals surface area contributed by atoms with Gasteiger partial charge in [-0.2, -0.15) is 0 Å². The largest absolute Gasteiger partial charge is 0.299 e. The number of carbonyl (C=O) groups excluding carboxylic acids is 2. The van der Waals surface area contributed by atoms with E-state index in [1.54, 1.807) is 0 Å². The fourth-order valence-electron chi connectivity index (χ4n) is 2.64. The Morgan fingerprint density at radius 1 is 0.812 bits per heavy atom. The first-order valence-corrected chi connectivity index (χ1v) is 6.74. The third kappa shape index (κ3) is 3.73. The van der Waals surface area contributed by atoms with Crippen LogP contribution in [0.4, 0.5) is 0 Å². The molecule has 0 amide bonds. The Morgan fingerprint density at radius 2 is 1.12 bits per heavy atom. The molecule has 0 spiro atoms. The molecule has 0 unspecified atom stereocenters. The van der Waals surface area contributed by atoms with E-state index in [1.165, 1.54) is 0 Å². The summed E-state index contributed by atoms with van der Waals surface area (Å²) in [6.07, 6.45) is 7.12. The Labute approximate surface area is 98.8 Å². The van der Waals surface area contributed by atoms with Gasteiger partial charge in [-0.25, -0.2) is 0 Å². The third-order valence-electron chi connectivity index (χ3n) is 3.63. The summed E-state index contributed by atoms with van der Waals surface area (Å²) in [5.74, 6) is 1.35. The maximum atomic E-state index is 11.7. The summed E-state index contributed by atoms with van der Waals surface area (Å²) in [5, 5.41) is 0. The Morgan fingerprint density at radius 3 is 1.38 bits per heavy atom. The molecule has 0 aliphatic heterocycles. The summed E-state index contributed by atoms with van der Waals surface area (Å²) in [5.41, 5.74) is 0. The maximum absolute atomic E-state index is 11.7. The quantitative estimate of drug-likeness (QED) is 0.691. The molecule has 0 aromatic rings. The second-order valence-electron chi connectivity index (χ2n) is 4.98. The molecule has 0 saturated heterocycles. The van der Waals surface area contributed by atoms with E-state index < -0.39 is 0 Å². The van der Waals surface area contributed by atoms with Crippen molar-refractivity contribution in [3.05, 3.63) is 0 Å². The normalized spacial score (nSPS) is 25.4. The zero-order valence-corrected chi connectivity index (χ0v) is 10.6. The van der Waals surface area contributed by atoms with E-state index >= 15 is 0 Å². The summed E-state index contributed by atoms with van der Waals surface area (Å²) in [4.78, 5) is 23.4. The van der Waals surface area contributed by atoms with Crippen LogP contribution in [0.25, 0.3) is 0 Å². The highest BCUT2D eigenvalue weighted by Gasteiger charge is 2.28. The van der Waals surface area contributed by atoms with E-state index in [2.05, 4.69) is 0 Å². The summed E-state index contributed by atoms with van der Waals surface area (Å²) in [6, 6.07) is 0. The molecule has 92 valence electrons. The molecular formula is C14H24O2. The van der Waals surface area contributed by atoms with Crippen LogP contribution in [0.2, 0.25) is 0 Å². The molecule has 1 fully saturated rings. The SMILES string of the molecule is CCCC(=O)C1CCC(C(=O)CCC)CC1. The van der Waals surface area contributed by atoms with Crippen LogP contribution in [-0.4, -0.2) is 11.6 Å². The summed E-state index contributed by atoms with van der Waals surface area (Å²) < 4.78 is 0. The summed E-state index contributed by atoms with van der Waals surface area (Å²) >= 11 is 0. The lowest BCUT2D eigenvalue weighted by atomic mass is 9.77.